The molecule has 2 N–H and O–H groups in total. The van der Waals surface area contributed by atoms with Crippen LogP contribution in [-0.2, 0) is 4.79 Å². The van der Waals surface area contributed by atoms with Gasteiger partial charge in [-0.1, -0.05) is 20.8 Å². The Morgan fingerprint density at radius 3 is 2.29 bits per heavy atom. The predicted molar refractivity (Wildman–Crippen MR) is 57.9 cm³/mol. The smallest absolute Gasteiger partial charge is 0.239 e. The first-order valence-electron chi connectivity index (χ1n) is 5.44. The standard InChI is InChI=1S/C11H22N2O/c1-11(2,3)8-9(12)10(14)13-6-4-5-7-13/h9H,4-8,12H2,1-3H3. The molecule has 82 valence electrons. The lowest BCUT2D eigenvalue weighted by Crippen LogP contribution is -2.44. The van der Waals surface area contributed by atoms with Gasteiger partial charge in [-0.3, -0.25) is 4.79 Å². The lowest BCUT2D eigenvalue weighted by Gasteiger charge is -2.26. The van der Waals surface area contributed by atoms with Crippen molar-refractivity contribution in [1.29, 1.82) is 0 Å². The summed E-state index contributed by atoms with van der Waals surface area (Å²) < 4.78 is 0. The molecule has 1 fully saturated rings. The second kappa shape index (κ2) is 4.30. The van der Waals surface area contributed by atoms with Crippen molar-refractivity contribution in [3.05, 3.63) is 0 Å². The molecule has 0 aromatic heterocycles. The second-order valence-corrected chi connectivity index (χ2v) is 5.40. The Morgan fingerprint density at radius 2 is 1.86 bits per heavy atom. The van der Waals surface area contributed by atoms with Gasteiger partial charge in [0.05, 0.1) is 6.04 Å². The van der Waals surface area contributed by atoms with Gasteiger partial charge in [0.1, 0.15) is 0 Å². The summed E-state index contributed by atoms with van der Waals surface area (Å²) in [6.45, 7) is 8.14. The maximum atomic E-state index is 11.8. The first kappa shape index (κ1) is 11.5. The highest BCUT2D eigenvalue weighted by Gasteiger charge is 2.26. The molecule has 1 rings (SSSR count). The highest BCUT2D eigenvalue weighted by atomic mass is 16.2. The molecular formula is C11H22N2O. The number of likely N-dealkylation sites (tertiary alicyclic amines) is 1. The zero-order valence-electron chi connectivity index (χ0n) is 9.55. The molecule has 1 aliphatic heterocycles. The van der Waals surface area contributed by atoms with Gasteiger partial charge < -0.3 is 10.6 Å². The zero-order chi connectivity index (χ0) is 10.8. The Bertz CT molecular complexity index is 202. The summed E-state index contributed by atoms with van der Waals surface area (Å²) in [6, 6.07) is -0.312. The van der Waals surface area contributed by atoms with E-state index in [9.17, 15) is 4.79 Å². The lowest BCUT2D eigenvalue weighted by atomic mass is 9.88. The van der Waals surface area contributed by atoms with E-state index < -0.39 is 0 Å². The topological polar surface area (TPSA) is 46.3 Å². The summed E-state index contributed by atoms with van der Waals surface area (Å²) in [5.74, 6) is 0.137. The van der Waals surface area contributed by atoms with Crippen LogP contribution in [0.1, 0.15) is 40.0 Å². The fourth-order valence-corrected chi connectivity index (χ4v) is 1.92. The van der Waals surface area contributed by atoms with Gasteiger partial charge >= 0.3 is 0 Å². The molecule has 0 radical (unpaired) electrons. The van der Waals surface area contributed by atoms with E-state index in [-0.39, 0.29) is 17.4 Å². The van der Waals surface area contributed by atoms with Gasteiger partial charge in [-0.25, -0.2) is 0 Å². The van der Waals surface area contributed by atoms with Gasteiger partial charge in [0.25, 0.3) is 0 Å². The molecule has 1 heterocycles. The minimum absolute atomic E-state index is 0.134. The molecule has 1 amide bonds. The Kier molecular flexibility index (Phi) is 3.53. The van der Waals surface area contributed by atoms with Crippen molar-refractivity contribution in [3.63, 3.8) is 0 Å². The van der Waals surface area contributed by atoms with E-state index in [2.05, 4.69) is 20.8 Å². The van der Waals surface area contributed by atoms with Gasteiger partial charge in [-0.15, -0.1) is 0 Å². The molecule has 0 aromatic rings. The summed E-state index contributed by atoms with van der Waals surface area (Å²) in [5.41, 5.74) is 6.03. The summed E-state index contributed by atoms with van der Waals surface area (Å²) >= 11 is 0. The number of carbonyl (C=O) groups excluding carboxylic acids is 1. The third-order valence-electron chi connectivity index (χ3n) is 2.57. The molecule has 0 spiro atoms. The predicted octanol–water partition coefficient (Wildman–Crippen LogP) is 1.37. The van der Waals surface area contributed by atoms with Crippen molar-refractivity contribution in [2.45, 2.75) is 46.1 Å². The molecule has 1 atom stereocenters. The molecule has 0 bridgehead atoms. The zero-order valence-corrected chi connectivity index (χ0v) is 9.55. The molecular weight excluding hydrogens is 176 g/mol. The summed E-state index contributed by atoms with van der Waals surface area (Å²) in [7, 11) is 0. The highest BCUT2D eigenvalue weighted by molar-refractivity contribution is 5.81. The SMILES string of the molecule is CC(C)(C)CC(N)C(=O)N1CCCC1. The summed E-state index contributed by atoms with van der Waals surface area (Å²) in [4.78, 5) is 13.7. The largest absolute Gasteiger partial charge is 0.341 e. The van der Waals surface area contributed by atoms with Gasteiger partial charge in [0, 0.05) is 13.1 Å². The van der Waals surface area contributed by atoms with Crippen LogP contribution >= 0.6 is 0 Å². The summed E-state index contributed by atoms with van der Waals surface area (Å²) in [5, 5.41) is 0. The van der Waals surface area contributed by atoms with Crippen LogP contribution in [0, 0.1) is 5.41 Å². The van der Waals surface area contributed by atoms with Crippen LogP contribution < -0.4 is 5.73 Å². The molecule has 0 saturated carbocycles. The molecule has 3 heteroatoms. The number of rotatable bonds is 2. The number of hydrogen-bond acceptors (Lipinski definition) is 2. The highest BCUT2D eigenvalue weighted by Crippen LogP contribution is 2.21. The number of carbonyl (C=O) groups is 1. The van der Waals surface area contributed by atoms with Crippen LogP contribution in [0.4, 0.5) is 0 Å². The average Bonchev–Trinajstić information content (AvgIpc) is 2.51. The van der Waals surface area contributed by atoms with Crippen molar-refractivity contribution >= 4 is 5.91 Å². The van der Waals surface area contributed by atoms with Gasteiger partial charge in [0.15, 0.2) is 0 Å². The van der Waals surface area contributed by atoms with Crippen molar-refractivity contribution in [1.82, 2.24) is 4.90 Å². The van der Waals surface area contributed by atoms with Gasteiger partial charge in [-0.05, 0) is 24.7 Å². The Morgan fingerprint density at radius 1 is 1.36 bits per heavy atom. The van der Waals surface area contributed by atoms with Crippen LogP contribution in [-0.4, -0.2) is 29.9 Å². The van der Waals surface area contributed by atoms with Gasteiger partial charge in [0.2, 0.25) is 5.91 Å². The fraction of sp³-hybridized carbons (Fsp3) is 0.909. The second-order valence-electron chi connectivity index (χ2n) is 5.40. The van der Waals surface area contributed by atoms with E-state index in [0.717, 1.165) is 32.4 Å². The maximum Gasteiger partial charge on any atom is 0.239 e. The van der Waals surface area contributed by atoms with Crippen LogP contribution in [0.25, 0.3) is 0 Å². The third-order valence-corrected chi connectivity index (χ3v) is 2.57. The van der Waals surface area contributed by atoms with Gasteiger partial charge in [-0.2, -0.15) is 0 Å². The fourth-order valence-electron chi connectivity index (χ4n) is 1.92. The first-order valence-corrected chi connectivity index (χ1v) is 5.44. The number of nitrogens with zero attached hydrogens (tertiary/aromatic N) is 1. The van der Waals surface area contributed by atoms with Crippen LogP contribution in [0.5, 0.6) is 0 Å². The average molecular weight is 198 g/mol. The van der Waals surface area contributed by atoms with Crippen LogP contribution in [0.2, 0.25) is 0 Å². The Balaban J connectivity index is 2.43. The van der Waals surface area contributed by atoms with E-state index >= 15 is 0 Å². The molecule has 3 nitrogen and oxygen atoms in total. The first-order chi connectivity index (χ1) is 6.40. The number of hydrogen-bond donors (Lipinski definition) is 1. The minimum atomic E-state index is -0.312. The monoisotopic (exact) mass is 198 g/mol. The van der Waals surface area contributed by atoms with E-state index in [1.54, 1.807) is 0 Å². The Hall–Kier alpha value is -0.570. The molecule has 0 aliphatic carbocycles. The third kappa shape index (κ3) is 3.29. The van der Waals surface area contributed by atoms with Crippen molar-refractivity contribution in [3.8, 4) is 0 Å². The minimum Gasteiger partial charge on any atom is -0.341 e. The quantitative estimate of drug-likeness (QED) is 0.728. The van der Waals surface area contributed by atoms with Crippen molar-refractivity contribution < 1.29 is 4.79 Å². The van der Waals surface area contributed by atoms with Crippen LogP contribution in [0.15, 0.2) is 0 Å². The molecule has 1 aliphatic rings. The van der Waals surface area contributed by atoms with E-state index in [0.29, 0.717) is 0 Å². The molecule has 1 unspecified atom stereocenters. The van der Waals surface area contributed by atoms with Crippen molar-refractivity contribution in [2.24, 2.45) is 11.1 Å². The van der Waals surface area contributed by atoms with Crippen molar-refractivity contribution in [2.75, 3.05) is 13.1 Å². The number of nitrogens with two attached hydrogens (primary N) is 1. The lowest BCUT2D eigenvalue weighted by molar-refractivity contribution is -0.132. The van der Waals surface area contributed by atoms with E-state index in [1.165, 1.54) is 0 Å². The molecule has 14 heavy (non-hydrogen) atoms. The number of amides is 1. The van der Waals surface area contributed by atoms with E-state index in [1.807, 2.05) is 4.90 Å². The summed E-state index contributed by atoms with van der Waals surface area (Å²) in [6.07, 6.45) is 3.03. The normalized spacial score (nSPS) is 19.9. The Labute approximate surface area is 86.6 Å². The van der Waals surface area contributed by atoms with E-state index in [4.69, 9.17) is 5.73 Å². The maximum absolute atomic E-state index is 11.8. The molecule has 0 aromatic carbocycles. The van der Waals surface area contributed by atoms with Crippen LogP contribution in [0.3, 0.4) is 0 Å². The molecule has 1 saturated heterocycles.